The van der Waals surface area contributed by atoms with Crippen LogP contribution in [0.25, 0.3) is 6.08 Å². The number of ether oxygens (including phenoxy) is 1. The van der Waals surface area contributed by atoms with Crippen molar-refractivity contribution >= 4 is 17.9 Å². The van der Waals surface area contributed by atoms with Crippen LogP contribution in [0, 0.1) is 0 Å². The molecule has 2 aromatic rings. The number of rotatable bonds is 7. The van der Waals surface area contributed by atoms with Gasteiger partial charge in [0.1, 0.15) is 11.8 Å². The van der Waals surface area contributed by atoms with Gasteiger partial charge in [-0.3, -0.25) is 9.59 Å². The molecule has 0 aromatic heterocycles. The zero-order valence-electron chi connectivity index (χ0n) is 16.2. The summed E-state index contributed by atoms with van der Waals surface area (Å²) < 4.78 is 5.10. The molecule has 0 saturated heterocycles. The molecule has 142 valence electrons. The minimum Gasteiger partial charge on any atom is -0.497 e. The highest BCUT2D eigenvalue weighted by atomic mass is 16.5. The largest absolute Gasteiger partial charge is 0.497 e. The standard InChI is InChI=1S/C22H26N2O3/c1-16(21(26)24-22(2,3)18-8-6-5-7-9-18)23-20(25)15-12-17-10-13-19(27-4)14-11-17/h5-16H,1-4H3,(H,23,25)(H,24,26)/b15-12+. The second-order valence-electron chi connectivity index (χ2n) is 6.82. The lowest BCUT2D eigenvalue weighted by Crippen LogP contribution is -2.50. The molecular formula is C22H26N2O3. The molecule has 1 unspecified atom stereocenters. The molecule has 5 nitrogen and oxygen atoms in total. The number of carbonyl (C=O) groups is 2. The van der Waals surface area contributed by atoms with Crippen molar-refractivity contribution in [1.82, 2.24) is 10.6 Å². The van der Waals surface area contributed by atoms with Crippen molar-refractivity contribution in [3.05, 3.63) is 71.8 Å². The van der Waals surface area contributed by atoms with Crippen LogP contribution in [0.1, 0.15) is 31.9 Å². The first-order valence-electron chi connectivity index (χ1n) is 8.82. The molecule has 0 aliphatic carbocycles. The highest BCUT2D eigenvalue weighted by Gasteiger charge is 2.25. The van der Waals surface area contributed by atoms with Gasteiger partial charge in [0.15, 0.2) is 0 Å². The maximum absolute atomic E-state index is 12.4. The first-order valence-corrected chi connectivity index (χ1v) is 8.82. The van der Waals surface area contributed by atoms with Crippen molar-refractivity contribution in [2.75, 3.05) is 7.11 Å². The molecule has 2 amide bonds. The predicted octanol–water partition coefficient (Wildman–Crippen LogP) is 3.26. The average Bonchev–Trinajstić information content (AvgIpc) is 2.67. The summed E-state index contributed by atoms with van der Waals surface area (Å²) in [7, 11) is 1.60. The van der Waals surface area contributed by atoms with Gasteiger partial charge in [0, 0.05) is 6.08 Å². The van der Waals surface area contributed by atoms with Gasteiger partial charge in [-0.05, 0) is 50.1 Å². The molecule has 1 atom stereocenters. The van der Waals surface area contributed by atoms with E-state index in [-0.39, 0.29) is 11.8 Å². The Morgan fingerprint density at radius 2 is 1.67 bits per heavy atom. The first-order chi connectivity index (χ1) is 12.8. The van der Waals surface area contributed by atoms with Gasteiger partial charge in [-0.15, -0.1) is 0 Å². The first kappa shape index (κ1) is 20.2. The topological polar surface area (TPSA) is 67.4 Å². The van der Waals surface area contributed by atoms with E-state index in [1.165, 1.54) is 6.08 Å². The smallest absolute Gasteiger partial charge is 0.244 e. The second-order valence-corrected chi connectivity index (χ2v) is 6.82. The van der Waals surface area contributed by atoms with Crippen LogP contribution >= 0.6 is 0 Å². The molecule has 0 heterocycles. The highest BCUT2D eigenvalue weighted by Crippen LogP contribution is 2.19. The van der Waals surface area contributed by atoms with Gasteiger partial charge in [0.2, 0.25) is 11.8 Å². The van der Waals surface area contributed by atoms with Crippen LogP contribution in [0.5, 0.6) is 5.75 Å². The van der Waals surface area contributed by atoms with Gasteiger partial charge >= 0.3 is 0 Å². The van der Waals surface area contributed by atoms with Crippen molar-refractivity contribution in [3.63, 3.8) is 0 Å². The summed E-state index contributed by atoms with van der Waals surface area (Å²) in [5.74, 6) is 0.184. The molecule has 2 N–H and O–H groups in total. The second kappa shape index (κ2) is 9.03. The van der Waals surface area contributed by atoms with E-state index in [0.717, 1.165) is 16.9 Å². The van der Waals surface area contributed by atoms with E-state index in [9.17, 15) is 9.59 Å². The Hall–Kier alpha value is -3.08. The fourth-order valence-electron chi connectivity index (χ4n) is 2.56. The Morgan fingerprint density at radius 3 is 2.26 bits per heavy atom. The lowest BCUT2D eigenvalue weighted by molar-refractivity contribution is -0.127. The molecule has 2 rings (SSSR count). The fraction of sp³-hybridized carbons (Fsp3) is 0.273. The zero-order chi connectivity index (χ0) is 19.9. The van der Waals surface area contributed by atoms with E-state index >= 15 is 0 Å². The summed E-state index contributed by atoms with van der Waals surface area (Å²) in [4.78, 5) is 24.5. The number of nitrogens with one attached hydrogen (secondary N) is 2. The molecule has 0 aliphatic heterocycles. The molecule has 27 heavy (non-hydrogen) atoms. The summed E-state index contributed by atoms with van der Waals surface area (Å²) >= 11 is 0. The molecule has 0 bridgehead atoms. The van der Waals surface area contributed by atoms with Crippen LogP contribution in [0.15, 0.2) is 60.7 Å². The van der Waals surface area contributed by atoms with Crippen LogP contribution in [-0.4, -0.2) is 25.0 Å². The number of hydrogen-bond acceptors (Lipinski definition) is 3. The van der Waals surface area contributed by atoms with E-state index in [0.29, 0.717) is 0 Å². The van der Waals surface area contributed by atoms with Crippen molar-refractivity contribution in [2.24, 2.45) is 0 Å². The van der Waals surface area contributed by atoms with E-state index in [2.05, 4.69) is 10.6 Å². The average molecular weight is 366 g/mol. The monoisotopic (exact) mass is 366 g/mol. The lowest BCUT2D eigenvalue weighted by Gasteiger charge is -2.28. The van der Waals surface area contributed by atoms with Crippen molar-refractivity contribution in [2.45, 2.75) is 32.4 Å². The number of methoxy groups -OCH3 is 1. The summed E-state index contributed by atoms with van der Waals surface area (Å²) in [6.07, 6.45) is 3.10. The van der Waals surface area contributed by atoms with Crippen molar-refractivity contribution < 1.29 is 14.3 Å². The van der Waals surface area contributed by atoms with Gasteiger partial charge in [-0.1, -0.05) is 42.5 Å². The minimum absolute atomic E-state index is 0.241. The molecule has 5 heteroatoms. The molecule has 0 fully saturated rings. The number of amides is 2. The normalized spacial score (nSPS) is 12.4. The Labute approximate surface area is 160 Å². The van der Waals surface area contributed by atoms with E-state index in [4.69, 9.17) is 4.74 Å². The van der Waals surface area contributed by atoms with Crippen LogP contribution in [0.4, 0.5) is 0 Å². The van der Waals surface area contributed by atoms with E-state index in [1.54, 1.807) is 20.1 Å². The van der Waals surface area contributed by atoms with Crippen LogP contribution in [0.3, 0.4) is 0 Å². The molecule has 0 spiro atoms. The Kier molecular flexibility index (Phi) is 6.77. The van der Waals surface area contributed by atoms with Gasteiger partial charge < -0.3 is 15.4 Å². The van der Waals surface area contributed by atoms with E-state index in [1.807, 2.05) is 68.4 Å². The van der Waals surface area contributed by atoms with Crippen LogP contribution in [-0.2, 0) is 15.1 Å². The SMILES string of the molecule is COc1ccc(/C=C/C(=O)NC(C)C(=O)NC(C)(C)c2ccccc2)cc1. The van der Waals surface area contributed by atoms with Crippen molar-refractivity contribution in [1.29, 1.82) is 0 Å². The third-order valence-corrected chi connectivity index (χ3v) is 4.23. The van der Waals surface area contributed by atoms with Gasteiger partial charge in [-0.25, -0.2) is 0 Å². The third kappa shape index (κ3) is 5.99. The summed E-state index contributed by atoms with van der Waals surface area (Å²) in [6.45, 7) is 5.52. The minimum atomic E-state index is -0.652. The fourth-order valence-corrected chi connectivity index (χ4v) is 2.56. The zero-order valence-corrected chi connectivity index (χ0v) is 16.2. The number of hydrogen-bond donors (Lipinski definition) is 2. The van der Waals surface area contributed by atoms with Crippen molar-refractivity contribution in [3.8, 4) is 5.75 Å². The van der Waals surface area contributed by atoms with Gasteiger partial charge in [-0.2, -0.15) is 0 Å². The van der Waals surface area contributed by atoms with Crippen LogP contribution < -0.4 is 15.4 Å². The van der Waals surface area contributed by atoms with E-state index < -0.39 is 11.6 Å². The Morgan fingerprint density at radius 1 is 1.04 bits per heavy atom. The maximum atomic E-state index is 12.4. The molecule has 0 saturated carbocycles. The molecule has 2 aromatic carbocycles. The number of benzene rings is 2. The molecular weight excluding hydrogens is 340 g/mol. The Balaban J connectivity index is 1.91. The third-order valence-electron chi connectivity index (χ3n) is 4.23. The molecule has 0 radical (unpaired) electrons. The highest BCUT2D eigenvalue weighted by molar-refractivity contribution is 5.95. The summed E-state index contributed by atoms with van der Waals surface area (Å²) in [5.41, 5.74) is 1.33. The quantitative estimate of drug-likeness (QED) is 0.739. The summed E-state index contributed by atoms with van der Waals surface area (Å²) in [6, 6.07) is 16.4. The predicted molar refractivity (Wildman–Crippen MR) is 107 cm³/mol. The van der Waals surface area contributed by atoms with Gasteiger partial charge in [0.25, 0.3) is 0 Å². The maximum Gasteiger partial charge on any atom is 0.244 e. The summed E-state index contributed by atoms with van der Waals surface area (Å²) in [5, 5.41) is 5.66. The lowest BCUT2D eigenvalue weighted by atomic mass is 9.94. The Bertz CT molecular complexity index is 796. The van der Waals surface area contributed by atoms with Gasteiger partial charge in [0.05, 0.1) is 12.6 Å². The molecule has 0 aliphatic rings. The van der Waals surface area contributed by atoms with Crippen LogP contribution in [0.2, 0.25) is 0 Å². The number of carbonyl (C=O) groups excluding carboxylic acids is 2.